The third kappa shape index (κ3) is 4.43. The average molecular weight is 289 g/mol. The molecule has 0 unspecified atom stereocenters. The van der Waals surface area contributed by atoms with Gasteiger partial charge in [-0.15, -0.1) is 0 Å². The van der Waals surface area contributed by atoms with Crippen molar-refractivity contribution in [3.05, 3.63) is 35.4 Å². The molecule has 0 saturated heterocycles. The Balaban J connectivity index is 1.97. The zero-order valence-corrected chi connectivity index (χ0v) is 13.6. The minimum Gasteiger partial charge on any atom is -0.311 e. The topological polar surface area (TPSA) is 47.7 Å². The Morgan fingerprint density at radius 3 is 2.67 bits per heavy atom. The molecule has 0 aliphatic carbocycles. The van der Waals surface area contributed by atoms with Crippen molar-refractivity contribution in [1.82, 2.24) is 24.9 Å². The average Bonchev–Trinajstić information content (AvgIpc) is 3.05. The number of aromatic nitrogens is 4. The summed E-state index contributed by atoms with van der Waals surface area (Å²) in [6, 6.07) is 4.27. The van der Waals surface area contributed by atoms with Crippen LogP contribution in [0.1, 0.15) is 44.8 Å². The van der Waals surface area contributed by atoms with Crippen LogP contribution >= 0.6 is 0 Å². The standard InChI is InChI=1S/C16H27N5/c1-5-14-9-16(21(6-2)19-14)12-20-8-7-15(18-20)11-17-10-13(3)4/h7-9,13,17H,5-6,10-12H2,1-4H3. The highest BCUT2D eigenvalue weighted by molar-refractivity contribution is 5.11. The van der Waals surface area contributed by atoms with Crippen molar-refractivity contribution in [2.45, 2.75) is 53.8 Å². The largest absolute Gasteiger partial charge is 0.311 e. The van der Waals surface area contributed by atoms with Crippen LogP contribution in [-0.2, 0) is 26.1 Å². The predicted molar refractivity (Wildman–Crippen MR) is 85.2 cm³/mol. The molecule has 2 aromatic rings. The molecule has 0 amide bonds. The third-order valence-electron chi connectivity index (χ3n) is 3.45. The fourth-order valence-electron chi connectivity index (χ4n) is 2.33. The van der Waals surface area contributed by atoms with Gasteiger partial charge in [0.05, 0.1) is 23.6 Å². The first-order valence-electron chi connectivity index (χ1n) is 7.91. The van der Waals surface area contributed by atoms with E-state index in [0.717, 1.165) is 44.0 Å². The first-order chi connectivity index (χ1) is 10.1. The van der Waals surface area contributed by atoms with Crippen molar-refractivity contribution >= 4 is 0 Å². The van der Waals surface area contributed by atoms with Gasteiger partial charge in [-0.05, 0) is 37.9 Å². The van der Waals surface area contributed by atoms with Crippen molar-refractivity contribution in [3.8, 4) is 0 Å². The molecule has 5 nitrogen and oxygen atoms in total. The summed E-state index contributed by atoms with van der Waals surface area (Å²) in [4.78, 5) is 0. The highest BCUT2D eigenvalue weighted by Crippen LogP contribution is 2.08. The zero-order valence-electron chi connectivity index (χ0n) is 13.6. The lowest BCUT2D eigenvalue weighted by Crippen LogP contribution is -2.19. The smallest absolute Gasteiger partial charge is 0.0828 e. The van der Waals surface area contributed by atoms with Crippen molar-refractivity contribution < 1.29 is 0 Å². The minimum absolute atomic E-state index is 0.665. The molecular formula is C16H27N5. The number of aryl methyl sites for hydroxylation is 2. The molecule has 2 aromatic heterocycles. The fourth-order valence-corrected chi connectivity index (χ4v) is 2.33. The SMILES string of the molecule is CCc1cc(Cn2ccc(CNCC(C)C)n2)n(CC)n1. The van der Waals surface area contributed by atoms with Gasteiger partial charge in [0.15, 0.2) is 0 Å². The van der Waals surface area contributed by atoms with E-state index in [1.807, 2.05) is 10.9 Å². The van der Waals surface area contributed by atoms with Gasteiger partial charge in [-0.1, -0.05) is 20.8 Å². The zero-order chi connectivity index (χ0) is 15.2. The summed E-state index contributed by atoms with van der Waals surface area (Å²) < 4.78 is 4.06. The maximum Gasteiger partial charge on any atom is 0.0828 e. The Hall–Kier alpha value is -1.62. The van der Waals surface area contributed by atoms with E-state index in [9.17, 15) is 0 Å². The van der Waals surface area contributed by atoms with E-state index in [4.69, 9.17) is 0 Å². The summed E-state index contributed by atoms with van der Waals surface area (Å²) in [6.45, 7) is 12.2. The number of nitrogens with one attached hydrogen (secondary N) is 1. The van der Waals surface area contributed by atoms with Crippen molar-refractivity contribution in [2.24, 2.45) is 5.92 Å². The van der Waals surface area contributed by atoms with Crippen molar-refractivity contribution in [3.63, 3.8) is 0 Å². The second kappa shape index (κ2) is 7.41. The summed E-state index contributed by atoms with van der Waals surface area (Å²) in [5.74, 6) is 0.665. The lowest BCUT2D eigenvalue weighted by molar-refractivity contribution is 0.538. The Morgan fingerprint density at radius 1 is 1.19 bits per heavy atom. The Labute approximate surface area is 127 Å². The summed E-state index contributed by atoms with van der Waals surface area (Å²) in [7, 11) is 0. The van der Waals surface area contributed by atoms with Crippen LogP contribution < -0.4 is 5.32 Å². The Kier molecular flexibility index (Phi) is 5.56. The van der Waals surface area contributed by atoms with Crippen LogP contribution in [0.25, 0.3) is 0 Å². The second-order valence-electron chi connectivity index (χ2n) is 5.83. The lowest BCUT2D eigenvalue weighted by Gasteiger charge is -2.06. The molecule has 0 saturated carbocycles. The summed E-state index contributed by atoms with van der Waals surface area (Å²) in [6.07, 6.45) is 3.02. The van der Waals surface area contributed by atoms with E-state index in [1.54, 1.807) is 0 Å². The molecule has 2 rings (SSSR count). The maximum atomic E-state index is 4.63. The van der Waals surface area contributed by atoms with E-state index in [2.05, 4.69) is 60.0 Å². The number of rotatable bonds is 8. The van der Waals surface area contributed by atoms with E-state index in [1.165, 1.54) is 5.69 Å². The van der Waals surface area contributed by atoms with Gasteiger partial charge in [0, 0.05) is 19.3 Å². The van der Waals surface area contributed by atoms with E-state index < -0.39 is 0 Å². The second-order valence-corrected chi connectivity index (χ2v) is 5.83. The van der Waals surface area contributed by atoms with E-state index >= 15 is 0 Å². The number of hydrogen-bond donors (Lipinski definition) is 1. The van der Waals surface area contributed by atoms with Crippen molar-refractivity contribution in [1.29, 1.82) is 0 Å². The molecule has 0 radical (unpaired) electrons. The first kappa shape index (κ1) is 15.8. The predicted octanol–water partition coefficient (Wildman–Crippen LogP) is 2.46. The normalized spacial score (nSPS) is 11.5. The van der Waals surface area contributed by atoms with E-state index in [0.29, 0.717) is 5.92 Å². The highest BCUT2D eigenvalue weighted by atomic mass is 15.3. The molecule has 1 N–H and O–H groups in total. The van der Waals surface area contributed by atoms with Crippen LogP contribution in [0, 0.1) is 5.92 Å². The highest BCUT2D eigenvalue weighted by Gasteiger charge is 2.07. The van der Waals surface area contributed by atoms with Gasteiger partial charge in [0.1, 0.15) is 0 Å². The van der Waals surface area contributed by atoms with Crippen LogP contribution in [0.15, 0.2) is 18.3 Å². The molecule has 116 valence electrons. The van der Waals surface area contributed by atoms with Crippen molar-refractivity contribution in [2.75, 3.05) is 6.54 Å². The van der Waals surface area contributed by atoms with Gasteiger partial charge in [-0.2, -0.15) is 10.2 Å². The van der Waals surface area contributed by atoms with Crippen LogP contribution in [0.3, 0.4) is 0 Å². The van der Waals surface area contributed by atoms with Gasteiger partial charge in [0.2, 0.25) is 0 Å². The molecule has 0 bridgehead atoms. The van der Waals surface area contributed by atoms with Crippen LogP contribution in [0.5, 0.6) is 0 Å². The molecule has 0 aliphatic rings. The monoisotopic (exact) mass is 289 g/mol. The van der Waals surface area contributed by atoms with E-state index in [-0.39, 0.29) is 0 Å². The quantitative estimate of drug-likeness (QED) is 0.812. The molecule has 0 atom stereocenters. The first-order valence-corrected chi connectivity index (χ1v) is 7.91. The van der Waals surface area contributed by atoms with Crippen LogP contribution in [-0.4, -0.2) is 26.1 Å². The number of hydrogen-bond acceptors (Lipinski definition) is 3. The van der Waals surface area contributed by atoms with Gasteiger partial charge < -0.3 is 5.32 Å². The molecule has 0 aliphatic heterocycles. The summed E-state index contributed by atoms with van der Waals surface area (Å²) in [5.41, 5.74) is 3.46. The Bertz CT molecular complexity index is 553. The molecule has 2 heterocycles. The summed E-state index contributed by atoms with van der Waals surface area (Å²) >= 11 is 0. The molecular weight excluding hydrogens is 262 g/mol. The molecule has 0 fully saturated rings. The molecule has 0 spiro atoms. The molecule has 5 heteroatoms. The van der Waals surface area contributed by atoms with Crippen LogP contribution in [0.2, 0.25) is 0 Å². The fraction of sp³-hybridized carbons (Fsp3) is 0.625. The maximum absolute atomic E-state index is 4.63. The molecule has 0 aromatic carbocycles. The Morgan fingerprint density at radius 2 is 2.00 bits per heavy atom. The minimum atomic E-state index is 0.665. The lowest BCUT2D eigenvalue weighted by atomic mass is 10.2. The number of nitrogens with zero attached hydrogens (tertiary/aromatic N) is 4. The molecule has 21 heavy (non-hydrogen) atoms. The van der Waals surface area contributed by atoms with Gasteiger partial charge in [-0.3, -0.25) is 9.36 Å². The third-order valence-corrected chi connectivity index (χ3v) is 3.45. The van der Waals surface area contributed by atoms with Gasteiger partial charge in [0.25, 0.3) is 0 Å². The van der Waals surface area contributed by atoms with Gasteiger partial charge >= 0.3 is 0 Å². The summed E-state index contributed by atoms with van der Waals surface area (Å²) in [5, 5.41) is 12.6. The van der Waals surface area contributed by atoms with Crippen LogP contribution in [0.4, 0.5) is 0 Å². The van der Waals surface area contributed by atoms with Gasteiger partial charge in [-0.25, -0.2) is 0 Å².